The zero-order valence-electron chi connectivity index (χ0n) is 13.4. The molecule has 3 aromatic rings. The van der Waals surface area contributed by atoms with Crippen LogP contribution in [0, 0.1) is 0 Å². The Morgan fingerprint density at radius 2 is 1.79 bits per heavy atom. The number of thiophene rings is 2. The van der Waals surface area contributed by atoms with Crippen LogP contribution in [0.5, 0.6) is 0 Å². The molecule has 5 heteroatoms. The van der Waals surface area contributed by atoms with Crippen LogP contribution in [0.25, 0.3) is 0 Å². The summed E-state index contributed by atoms with van der Waals surface area (Å²) in [4.78, 5) is 14.7. The Bertz CT molecular complexity index is 724. The van der Waals surface area contributed by atoms with Gasteiger partial charge in [0.25, 0.3) is 5.91 Å². The second-order valence-electron chi connectivity index (χ2n) is 5.52. The lowest BCUT2D eigenvalue weighted by molar-refractivity contribution is -0.676. The van der Waals surface area contributed by atoms with E-state index < -0.39 is 0 Å². The van der Waals surface area contributed by atoms with Gasteiger partial charge in [-0.05, 0) is 29.3 Å². The summed E-state index contributed by atoms with van der Waals surface area (Å²) in [6.45, 7) is 1.13. The molecular formula is C19H21N2OS2+. The number of carbonyl (C=O) groups is 1. The first kappa shape index (κ1) is 16.9. The van der Waals surface area contributed by atoms with Crippen LogP contribution in [0.3, 0.4) is 0 Å². The van der Waals surface area contributed by atoms with Gasteiger partial charge in [0.2, 0.25) is 0 Å². The van der Waals surface area contributed by atoms with E-state index in [4.69, 9.17) is 0 Å². The van der Waals surface area contributed by atoms with E-state index in [1.165, 1.54) is 15.3 Å². The first-order valence-electron chi connectivity index (χ1n) is 8.03. The van der Waals surface area contributed by atoms with Crippen molar-refractivity contribution in [2.24, 2.45) is 0 Å². The minimum absolute atomic E-state index is 0.0871. The topological polar surface area (TPSA) is 45.7 Å². The highest BCUT2D eigenvalue weighted by Gasteiger charge is 2.19. The van der Waals surface area contributed by atoms with Crippen molar-refractivity contribution in [3.05, 3.63) is 80.7 Å². The number of benzene rings is 1. The van der Waals surface area contributed by atoms with Crippen molar-refractivity contribution in [1.29, 1.82) is 0 Å². The number of hydrogen-bond acceptors (Lipinski definition) is 3. The summed E-state index contributed by atoms with van der Waals surface area (Å²) in [5.41, 5.74) is 1.23. The molecule has 1 amide bonds. The first-order chi connectivity index (χ1) is 11.8. The fourth-order valence-corrected chi connectivity index (χ4v) is 4.18. The summed E-state index contributed by atoms with van der Waals surface area (Å²) in [6.07, 6.45) is 0.899. The van der Waals surface area contributed by atoms with Crippen LogP contribution < -0.4 is 10.6 Å². The van der Waals surface area contributed by atoms with Crippen LogP contribution in [-0.4, -0.2) is 19.0 Å². The van der Waals surface area contributed by atoms with Gasteiger partial charge in [0.1, 0.15) is 6.04 Å². The quantitative estimate of drug-likeness (QED) is 0.640. The van der Waals surface area contributed by atoms with E-state index in [1.807, 2.05) is 24.3 Å². The highest BCUT2D eigenvalue weighted by atomic mass is 32.1. The molecule has 3 N–H and O–H groups in total. The van der Waals surface area contributed by atoms with E-state index in [0.29, 0.717) is 13.1 Å². The Hall–Kier alpha value is -1.95. The molecule has 0 unspecified atom stereocenters. The summed E-state index contributed by atoms with van der Waals surface area (Å²) in [5.74, 6) is 0.0871. The average Bonchev–Trinajstić information content (AvgIpc) is 3.30. The summed E-state index contributed by atoms with van der Waals surface area (Å²) in [5, 5.41) is 9.28. The Kier molecular flexibility index (Phi) is 6.18. The minimum Gasteiger partial charge on any atom is -0.351 e. The van der Waals surface area contributed by atoms with Gasteiger partial charge in [-0.2, -0.15) is 0 Å². The summed E-state index contributed by atoms with van der Waals surface area (Å²) in [7, 11) is 0. The van der Waals surface area contributed by atoms with Crippen molar-refractivity contribution in [3.8, 4) is 0 Å². The van der Waals surface area contributed by atoms with Crippen LogP contribution in [0.4, 0.5) is 0 Å². The molecule has 0 aliphatic rings. The Morgan fingerprint density at radius 3 is 2.50 bits per heavy atom. The third-order valence-corrected chi connectivity index (χ3v) is 5.71. The fourth-order valence-electron chi connectivity index (χ4n) is 2.62. The zero-order chi connectivity index (χ0) is 16.6. The van der Waals surface area contributed by atoms with Gasteiger partial charge >= 0.3 is 0 Å². The Morgan fingerprint density at radius 1 is 1.00 bits per heavy atom. The largest absolute Gasteiger partial charge is 0.351 e. The third kappa shape index (κ3) is 4.77. The second-order valence-corrected chi connectivity index (χ2v) is 7.53. The van der Waals surface area contributed by atoms with Crippen LogP contribution in [-0.2, 0) is 11.2 Å². The van der Waals surface area contributed by atoms with Crippen molar-refractivity contribution >= 4 is 28.6 Å². The maximum atomic E-state index is 12.1. The van der Waals surface area contributed by atoms with Gasteiger partial charge in [-0.15, -0.1) is 22.7 Å². The highest BCUT2D eigenvalue weighted by molar-refractivity contribution is 7.10. The number of carbonyl (C=O) groups excluding carboxylic acids is 1. The van der Waals surface area contributed by atoms with E-state index in [2.05, 4.69) is 51.7 Å². The molecule has 24 heavy (non-hydrogen) atoms. The van der Waals surface area contributed by atoms with Gasteiger partial charge in [0, 0.05) is 17.0 Å². The van der Waals surface area contributed by atoms with Crippen LogP contribution in [0.1, 0.15) is 21.4 Å². The van der Waals surface area contributed by atoms with E-state index in [9.17, 15) is 4.79 Å². The molecule has 124 valence electrons. The SMILES string of the molecule is O=C(C[NH2+][C@@H](c1ccccc1)c1cccs1)NCCc1cccs1. The standard InChI is InChI=1S/C19H20N2OS2/c22-18(20-11-10-16-8-4-12-23-16)14-21-19(17-9-5-13-24-17)15-6-2-1-3-7-15/h1-9,12-13,19,21H,10-11,14H2,(H,20,22)/p+1/t19-/m0/s1. The van der Waals surface area contributed by atoms with Crippen molar-refractivity contribution < 1.29 is 10.1 Å². The molecule has 2 aromatic heterocycles. The Labute approximate surface area is 150 Å². The molecule has 0 aliphatic heterocycles. The maximum Gasteiger partial charge on any atom is 0.275 e. The lowest BCUT2D eigenvalue weighted by Crippen LogP contribution is -2.87. The predicted molar refractivity (Wildman–Crippen MR) is 100 cm³/mol. The number of quaternary nitrogens is 1. The number of amides is 1. The molecule has 3 nitrogen and oxygen atoms in total. The summed E-state index contributed by atoms with van der Waals surface area (Å²) >= 11 is 3.46. The van der Waals surface area contributed by atoms with Gasteiger partial charge in [-0.3, -0.25) is 4.79 Å². The number of rotatable bonds is 8. The van der Waals surface area contributed by atoms with Gasteiger partial charge in [-0.1, -0.05) is 42.5 Å². The van der Waals surface area contributed by atoms with Crippen LogP contribution in [0.2, 0.25) is 0 Å². The fraction of sp³-hybridized carbons (Fsp3) is 0.211. The highest BCUT2D eigenvalue weighted by Crippen LogP contribution is 2.22. The lowest BCUT2D eigenvalue weighted by Gasteiger charge is -2.14. The summed E-state index contributed by atoms with van der Waals surface area (Å²) < 4.78 is 0. The van der Waals surface area contributed by atoms with Crippen molar-refractivity contribution in [2.45, 2.75) is 12.5 Å². The number of nitrogens with two attached hydrogens (primary N) is 1. The van der Waals surface area contributed by atoms with Crippen molar-refractivity contribution in [2.75, 3.05) is 13.1 Å². The molecule has 1 aromatic carbocycles. The van der Waals surface area contributed by atoms with E-state index in [0.717, 1.165) is 6.42 Å². The van der Waals surface area contributed by atoms with Crippen molar-refractivity contribution in [3.63, 3.8) is 0 Å². The maximum absolute atomic E-state index is 12.1. The molecule has 0 bridgehead atoms. The lowest BCUT2D eigenvalue weighted by atomic mass is 10.1. The normalized spacial score (nSPS) is 12.0. The van der Waals surface area contributed by atoms with Gasteiger partial charge < -0.3 is 10.6 Å². The van der Waals surface area contributed by atoms with Gasteiger partial charge in [0.15, 0.2) is 6.54 Å². The molecule has 3 rings (SSSR count). The second kappa shape index (κ2) is 8.78. The molecular weight excluding hydrogens is 336 g/mol. The predicted octanol–water partition coefficient (Wildman–Crippen LogP) is 2.82. The molecule has 0 radical (unpaired) electrons. The third-order valence-electron chi connectivity index (χ3n) is 3.82. The van der Waals surface area contributed by atoms with E-state index >= 15 is 0 Å². The van der Waals surface area contributed by atoms with Crippen LogP contribution in [0.15, 0.2) is 65.4 Å². The molecule has 2 heterocycles. The van der Waals surface area contributed by atoms with E-state index in [-0.39, 0.29) is 11.9 Å². The molecule has 0 saturated carbocycles. The minimum atomic E-state index is 0.0871. The molecule has 0 saturated heterocycles. The van der Waals surface area contributed by atoms with Gasteiger partial charge in [0.05, 0.1) is 4.88 Å². The first-order valence-corrected chi connectivity index (χ1v) is 9.79. The number of hydrogen-bond donors (Lipinski definition) is 2. The summed E-state index contributed by atoms with van der Waals surface area (Å²) in [6, 6.07) is 18.9. The monoisotopic (exact) mass is 357 g/mol. The molecule has 1 atom stereocenters. The zero-order valence-corrected chi connectivity index (χ0v) is 15.0. The molecule has 0 spiro atoms. The van der Waals surface area contributed by atoms with Gasteiger partial charge in [-0.25, -0.2) is 0 Å². The Balaban J connectivity index is 1.53. The van der Waals surface area contributed by atoms with Crippen molar-refractivity contribution in [1.82, 2.24) is 5.32 Å². The smallest absolute Gasteiger partial charge is 0.275 e. The average molecular weight is 358 g/mol. The number of nitrogens with one attached hydrogen (secondary N) is 1. The molecule has 0 fully saturated rings. The van der Waals surface area contributed by atoms with E-state index in [1.54, 1.807) is 22.7 Å². The molecule has 0 aliphatic carbocycles. The van der Waals surface area contributed by atoms with Crippen LogP contribution >= 0.6 is 22.7 Å².